The SMILES string of the molecule is O=C1C(Nc2ccc(O)cc2)=CC(=NS(=O)(=O)c2ccc(F)cc2)c2ccccc21. The van der Waals surface area contributed by atoms with Gasteiger partial charge in [-0.25, -0.2) is 4.39 Å². The van der Waals surface area contributed by atoms with Crippen molar-refractivity contribution in [3.05, 3.63) is 102 Å². The topological polar surface area (TPSA) is 95.8 Å². The third-order valence-corrected chi connectivity index (χ3v) is 5.75. The number of phenolic OH excluding ortho intramolecular Hbond substituents is 1. The lowest BCUT2D eigenvalue weighted by Crippen LogP contribution is -2.22. The number of nitrogens with one attached hydrogen (secondary N) is 1. The molecule has 8 heteroatoms. The number of fused-ring (bicyclic) bond motifs is 1. The van der Waals surface area contributed by atoms with Crippen LogP contribution in [0, 0.1) is 5.82 Å². The Morgan fingerprint density at radius 1 is 0.867 bits per heavy atom. The van der Waals surface area contributed by atoms with Crippen LogP contribution in [0.1, 0.15) is 15.9 Å². The van der Waals surface area contributed by atoms with Crippen LogP contribution in [-0.4, -0.2) is 25.0 Å². The van der Waals surface area contributed by atoms with E-state index in [1.807, 2.05) is 0 Å². The molecule has 6 nitrogen and oxygen atoms in total. The van der Waals surface area contributed by atoms with E-state index in [2.05, 4.69) is 9.71 Å². The van der Waals surface area contributed by atoms with Crippen LogP contribution in [0.4, 0.5) is 10.1 Å². The number of halogens is 1. The van der Waals surface area contributed by atoms with Crippen molar-refractivity contribution in [1.82, 2.24) is 0 Å². The number of carbonyl (C=O) groups is 1. The molecule has 3 aromatic rings. The molecule has 0 radical (unpaired) electrons. The highest BCUT2D eigenvalue weighted by atomic mass is 32.2. The van der Waals surface area contributed by atoms with Gasteiger partial charge in [0, 0.05) is 16.8 Å². The minimum absolute atomic E-state index is 0.0717. The molecule has 0 saturated heterocycles. The number of hydrogen-bond acceptors (Lipinski definition) is 5. The number of rotatable bonds is 4. The molecule has 0 spiro atoms. The lowest BCUT2D eigenvalue weighted by Gasteiger charge is -2.18. The zero-order valence-corrected chi connectivity index (χ0v) is 16.2. The van der Waals surface area contributed by atoms with Gasteiger partial charge in [-0.3, -0.25) is 4.79 Å². The van der Waals surface area contributed by atoms with E-state index in [-0.39, 0.29) is 27.8 Å². The molecule has 0 aromatic heterocycles. The number of allylic oxidation sites excluding steroid dienone is 2. The number of anilines is 1. The number of Topliss-reactive ketones (excluding diaryl/α,β-unsaturated/α-hetero) is 1. The summed E-state index contributed by atoms with van der Waals surface area (Å²) in [5, 5.41) is 12.4. The normalized spacial score (nSPS) is 14.9. The summed E-state index contributed by atoms with van der Waals surface area (Å²) in [7, 11) is -4.13. The van der Waals surface area contributed by atoms with Crippen molar-refractivity contribution in [1.29, 1.82) is 0 Å². The minimum Gasteiger partial charge on any atom is -0.508 e. The fraction of sp³-hybridized carbons (Fsp3) is 0. The van der Waals surface area contributed by atoms with Crippen molar-refractivity contribution in [2.24, 2.45) is 4.40 Å². The molecule has 1 aliphatic carbocycles. The van der Waals surface area contributed by atoms with Gasteiger partial charge < -0.3 is 10.4 Å². The van der Waals surface area contributed by atoms with E-state index in [1.54, 1.807) is 36.4 Å². The van der Waals surface area contributed by atoms with Crippen LogP contribution >= 0.6 is 0 Å². The maximum Gasteiger partial charge on any atom is 0.282 e. The van der Waals surface area contributed by atoms with Gasteiger partial charge in [0.25, 0.3) is 10.0 Å². The average Bonchev–Trinajstić information content (AvgIpc) is 2.73. The first-order chi connectivity index (χ1) is 14.3. The van der Waals surface area contributed by atoms with E-state index in [0.29, 0.717) is 16.8 Å². The van der Waals surface area contributed by atoms with E-state index in [4.69, 9.17) is 0 Å². The molecule has 4 rings (SSSR count). The second-order valence-electron chi connectivity index (χ2n) is 6.51. The van der Waals surface area contributed by atoms with Crippen LogP contribution < -0.4 is 5.32 Å². The molecule has 0 heterocycles. The van der Waals surface area contributed by atoms with Crippen LogP contribution in [0.5, 0.6) is 5.75 Å². The van der Waals surface area contributed by atoms with Gasteiger partial charge >= 0.3 is 0 Å². The largest absolute Gasteiger partial charge is 0.508 e. The predicted octanol–water partition coefficient (Wildman–Crippen LogP) is 3.90. The number of nitrogens with zero attached hydrogens (tertiary/aromatic N) is 1. The van der Waals surface area contributed by atoms with Crippen LogP contribution in [0.15, 0.2) is 93.9 Å². The highest BCUT2D eigenvalue weighted by Crippen LogP contribution is 2.25. The molecule has 1 aliphatic rings. The van der Waals surface area contributed by atoms with E-state index in [0.717, 1.165) is 24.3 Å². The highest BCUT2D eigenvalue weighted by Gasteiger charge is 2.26. The van der Waals surface area contributed by atoms with E-state index in [1.165, 1.54) is 18.2 Å². The molecule has 3 aromatic carbocycles. The summed E-state index contributed by atoms with van der Waals surface area (Å²) < 4.78 is 42.5. The maximum absolute atomic E-state index is 13.2. The van der Waals surface area contributed by atoms with Crippen molar-refractivity contribution in [3.8, 4) is 5.75 Å². The molecule has 0 bridgehead atoms. The highest BCUT2D eigenvalue weighted by molar-refractivity contribution is 7.90. The van der Waals surface area contributed by atoms with Crippen molar-refractivity contribution in [2.75, 3.05) is 5.32 Å². The van der Waals surface area contributed by atoms with Crippen molar-refractivity contribution in [3.63, 3.8) is 0 Å². The third-order valence-electron chi connectivity index (χ3n) is 4.45. The summed E-state index contributed by atoms with van der Waals surface area (Å²) >= 11 is 0. The van der Waals surface area contributed by atoms with E-state index >= 15 is 0 Å². The fourth-order valence-electron chi connectivity index (χ4n) is 2.99. The quantitative estimate of drug-likeness (QED) is 0.622. The van der Waals surface area contributed by atoms with Gasteiger partial charge in [-0.05, 0) is 54.6 Å². The lowest BCUT2D eigenvalue weighted by molar-refractivity contribution is 0.103. The Labute approximate surface area is 172 Å². The zero-order valence-electron chi connectivity index (χ0n) is 15.4. The standard InChI is InChI=1S/C22H15FN2O4S/c23-14-5-11-17(12-6-14)30(28,29)25-20-13-21(24-15-7-9-16(26)10-8-15)22(27)19-4-2-1-3-18(19)20/h1-13,24,26H. The molecular formula is C22H15FN2O4S. The lowest BCUT2D eigenvalue weighted by atomic mass is 9.92. The number of hydrogen-bond donors (Lipinski definition) is 2. The van der Waals surface area contributed by atoms with Crippen molar-refractivity contribution >= 4 is 27.2 Å². The van der Waals surface area contributed by atoms with Gasteiger partial charge in [0.1, 0.15) is 11.6 Å². The summed E-state index contributed by atoms with van der Waals surface area (Å²) in [6, 6.07) is 17.0. The Bertz CT molecular complexity index is 1300. The van der Waals surface area contributed by atoms with Crippen molar-refractivity contribution in [2.45, 2.75) is 4.90 Å². The molecular weight excluding hydrogens is 407 g/mol. The first-order valence-corrected chi connectivity index (χ1v) is 10.3. The Balaban J connectivity index is 1.80. The molecule has 2 N–H and O–H groups in total. The van der Waals surface area contributed by atoms with Crippen LogP contribution in [0.25, 0.3) is 0 Å². The first-order valence-electron chi connectivity index (χ1n) is 8.86. The summed E-state index contributed by atoms with van der Waals surface area (Å²) in [6.45, 7) is 0. The third kappa shape index (κ3) is 3.85. The summed E-state index contributed by atoms with van der Waals surface area (Å²) in [5.74, 6) is -0.810. The Hall–Kier alpha value is -3.78. The first kappa shape index (κ1) is 19.5. The smallest absolute Gasteiger partial charge is 0.282 e. The number of carbonyl (C=O) groups excluding carboxylic acids is 1. The molecule has 150 valence electrons. The summed E-state index contributed by atoms with van der Waals surface area (Å²) in [5.41, 5.74) is 1.43. The van der Waals surface area contributed by atoms with Gasteiger partial charge in [-0.2, -0.15) is 12.8 Å². The summed E-state index contributed by atoms with van der Waals surface area (Å²) in [4.78, 5) is 12.7. The second-order valence-corrected chi connectivity index (χ2v) is 8.11. The molecule has 0 unspecified atom stereocenters. The fourth-order valence-corrected chi connectivity index (χ4v) is 3.98. The van der Waals surface area contributed by atoms with Gasteiger partial charge in [0.05, 0.1) is 16.3 Å². The van der Waals surface area contributed by atoms with Crippen molar-refractivity contribution < 1.29 is 22.7 Å². The van der Waals surface area contributed by atoms with Gasteiger partial charge in [-0.15, -0.1) is 0 Å². The number of ketones is 1. The Morgan fingerprint density at radius 3 is 2.17 bits per heavy atom. The predicted molar refractivity (Wildman–Crippen MR) is 111 cm³/mol. The average molecular weight is 422 g/mol. The number of aromatic hydroxyl groups is 1. The molecule has 0 fully saturated rings. The Morgan fingerprint density at radius 2 is 1.50 bits per heavy atom. The minimum atomic E-state index is -4.13. The molecule has 0 saturated carbocycles. The van der Waals surface area contributed by atoms with Gasteiger partial charge in [0.15, 0.2) is 0 Å². The number of benzene rings is 3. The van der Waals surface area contributed by atoms with Crippen LogP contribution in [0.2, 0.25) is 0 Å². The summed E-state index contributed by atoms with van der Waals surface area (Å²) in [6.07, 6.45) is 1.36. The molecule has 0 atom stereocenters. The molecule has 0 amide bonds. The van der Waals surface area contributed by atoms with Gasteiger partial charge in [-0.1, -0.05) is 24.3 Å². The number of sulfonamides is 1. The van der Waals surface area contributed by atoms with Crippen LogP contribution in [0.3, 0.4) is 0 Å². The van der Waals surface area contributed by atoms with E-state index in [9.17, 15) is 22.7 Å². The second kappa shape index (κ2) is 7.57. The van der Waals surface area contributed by atoms with E-state index < -0.39 is 15.8 Å². The molecule has 0 aliphatic heterocycles. The zero-order chi connectivity index (χ0) is 21.3. The van der Waals surface area contributed by atoms with Crippen LogP contribution in [-0.2, 0) is 10.0 Å². The maximum atomic E-state index is 13.2. The molecule has 30 heavy (non-hydrogen) atoms. The van der Waals surface area contributed by atoms with Gasteiger partial charge in [0.2, 0.25) is 5.78 Å². The number of phenols is 1. The Kier molecular flexibility index (Phi) is 4.93. The monoisotopic (exact) mass is 422 g/mol.